The van der Waals surface area contributed by atoms with Crippen LogP contribution in [0.2, 0.25) is 0 Å². The van der Waals surface area contributed by atoms with E-state index in [0.29, 0.717) is 5.75 Å². The Morgan fingerprint density at radius 2 is 1.42 bits per heavy atom. The van der Waals surface area contributed by atoms with Gasteiger partial charge in [-0.1, -0.05) is 13.8 Å². The number of ketones is 1. The number of hydrogen-bond acceptors (Lipinski definition) is 8. The van der Waals surface area contributed by atoms with Crippen molar-refractivity contribution in [1.29, 1.82) is 0 Å². The number of benzene rings is 1. The van der Waals surface area contributed by atoms with E-state index in [4.69, 9.17) is 9.47 Å². The van der Waals surface area contributed by atoms with Gasteiger partial charge in [0.15, 0.2) is 19.7 Å². The number of ether oxygens (including phenoxy) is 2. The van der Waals surface area contributed by atoms with E-state index in [1.807, 2.05) is 0 Å². The predicted octanol–water partition coefficient (Wildman–Crippen LogP) is 3.72. The summed E-state index contributed by atoms with van der Waals surface area (Å²) in [5, 5.41) is 0. The number of methoxy groups -OCH3 is 1. The molecule has 9 nitrogen and oxygen atoms in total. The number of pyridine rings is 1. The maximum absolute atomic E-state index is 13.7. The summed E-state index contributed by atoms with van der Waals surface area (Å²) in [5.74, 6) is -1.56. The molecule has 0 saturated carbocycles. The highest BCUT2D eigenvalue weighted by Gasteiger charge is 2.37. The standard InChI is InChI=1S/C25H29NO8S2/c1-5-14-35(29,30)23-20-16-18(25(28)34-7-3)12-13-26(20)21(24(23)36(31,32)15-6-2)22(27)17-8-10-19(33-4)11-9-17/h8-13,16H,5-7,14-15H2,1-4H3. The molecule has 0 fully saturated rings. The number of hydrogen-bond donors (Lipinski definition) is 0. The summed E-state index contributed by atoms with van der Waals surface area (Å²) in [6.45, 7) is 5.04. The second-order valence-corrected chi connectivity index (χ2v) is 12.2. The fraction of sp³-hybridized carbons (Fsp3) is 0.360. The number of sulfone groups is 2. The van der Waals surface area contributed by atoms with Gasteiger partial charge >= 0.3 is 5.97 Å². The van der Waals surface area contributed by atoms with Crippen LogP contribution in [0.1, 0.15) is 60.0 Å². The monoisotopic (exact) mass is 535 g/mol. The molecule has 194 valence electrons. The average Bonchev–Trinajstić information content (AvgIpc) is 3.20. The molecule has 0 unspecified atom stereocenters. The lowest BCUT2D eigenvalue weighted by Crippen LogP contribution is -2.17. The van der Waals surface area contributed by atoms with E-state index < -0.39 is 41.2 Å². The van der Waals surface area contributed by atoms with Gasteiger partial charge in [0, 0.05) is 11.8 Å². The molecular formula is C25H29NO8S2. The van der Waals surface area contributed by atoms with Crippen LogP contribution in [-0.4, -0.2) is 58.2 Å². The summed E-state index contributed by atoms with van der Waals surface area (Å²) < 4.78 is 65.3. The van der Waals surface area contributed by atoms with Crippen LogP contribution < -0.4 is 4.74 Å². The van der Waals surface area contributed by atoms with Gasteiger partial charge < -0.3 is 13.9 Å². The smallest absolute Gasteiger partial charge is 0.338 e. The molecule has 3 rings (SSSR count). The van der Waals surface area contributed by atoms with Crippen molar-refractivity contribution in [2.45, 2.75) is 43.4 Å². The molecule has 0 atom stereocenters. The van der Waals surface area contributed by atoms with Crippen molar-refractivity contribution in [1.82, 2.24) is 4.40 Å². The topological polar surface area (TPSA) is 125 Å². The number of carbonyl (C=O) groups excluding carboxylic acids is 2. The van der Waals surface area contributed by atoms with Gasteiger partial charge in [-0.3, -0.25) is 4.79 Å². The van der Waals surface area contributed by atoms with Gasteiger partial charge in [0.1, 0.15) is 21.2 Å². The Kier molecular flexibility index (Phi) is 8.25. The molecule has 36 heavy (non-hydrogen) atoms. The molecule has 0 spiro atoms. The van der Waals surface area contributed by atoms with E-state index in [-0.39, 0.29) is 53.3 Å². The third-order valence-corrected chi connectivity index (χ3v) is 9.57. The Balaban J connectivity index is 2.49. The summed E-state index contributed by atoms with van der Waals surface area (Å²) in [5.41, 5.74) is -0.177. The number of rotatable bonds is 11. The normalized spacial score (nSPS) is 12.0. The van der Waals surface area contributed by atoms with Crippen LogP contribution in [-0.2, 0) is 24.4 Å². The minimum Gasteiger partial charge on any atom is -0.497 e. The van der Waals surface area contributed by atoms with Crippen molar-refractivity contribution < 1.29 is 35.9 Å². The SMILES string of the molecule is CCCS(=O)(=O)c1c(S(=O)(=O)CCC)c2cc(C(=O)OCC)ccn2c1C(=O)c1ccc(OC)cc1. The van der Waals surface area contributed by atoms with Gasteiger partial charge in [-0.2, -0.15) is 0 Å². The van der Waals surface area contributed by atoms with E-state index in [2.05, 4.69) is 0 Å². The quantitative estimate of drug-likeness (QED) is 0.269. The van der Waals surface area contributed by atoms with Crippen molar-refractivity contribution in [3.8, 4) is 5.75 Å². The lowest BCUT2D eigenvalue weighted by Gasteiger charge is -2.09. The number of nitrogens with zero attached hydrogens (tertiary/aromatic N) is 1. The van der Waals surface area contributed by atoms with Crippen molar-refractivity contribution in [3.63, 3.8) is 0 Å². The van der Waals surface area contributed by atoms with Crippen molar-refractivity contribution in [2.75, 3.05) is 25.2 Å². The van der Waals surface area contributed by atoms with Crippen LogP contribution >= 0.6 is 0 Å². The van der Waals surface area contributed by atoms with Crippen LogP contribution in [0.15, 0.2) is 52.4 Å². The average molecular weight is 536 g/mol. The highest BCUT2D eigenvalue weighted by atomic mass is 32.2. The molecule has 2 aromatic heterocycles. The van der Waals surface area contributed by atoms with Gasteiger partial charge in [0.25, 0.3) is 0 Å². The van der Waals surface area contributed by atoms with Crippen LogP contribution in [0, 0.1) is 0 Å². The maximum atomic E-state index is 13.7. The van der Waals surface area contributed by atoms with Gasteiger partial charge in [0.05, 0.1) is 36.3 Å². The van der Waals surface area contributed by atoms with Crippen LogP contribution in [0.4, 0.5) is 0 Å². The lowest BCUT2D eigenvalue weighted by atomic mass is 10.1. The van der Waals surface area contributed by atoms with E-state index >= 15 is 0 Å². The molecular weight excluding hydrogens is 506 g/mol. The van der Waals surface area contributed by atoms with Gasteiger partial charge in [-0.15, -0.1) is 0 Å². The Bertz CT molecular complexity index is 1500. The molecule has 0 aliphatic heterocycles. The minimum atomic E-state index is -4.21. The fourth-order valence-corrected chi connectivity index (χ4v) is 7.94. The minimum absolute atomic E-state index is 0.0395. The number of esters is 1. The molecule has 0 bridgehead atoms. The third-order valence-electron chi connectivity index (χ3n) is 5.50. The second-order valence-electron chi connectivity index (χ2n) is 8.09. The molecule has 0 amide bonds. The van der Waals surface area contributed by atoms with Crippen LogP contribution in [0.25, 0.3) is 5.52 Å². The molecule has 1 aromatic carbocycles. The van der Waals surface area contributed by atoms with E-state index in [0.717, 1.165) is 0 Å². The number of aromatic nitrogens is 1. The summed E-state index contributed by atoms with van der Waals surface area (Å²) in [6, 6.07) is 8.68. The predicted molar refractivity (Wildman–Crippen MR) is 134 cm³/mol. The van der Waals surface area contributed by atoms with Crippen LogP contribution in [0.5, 0.6) is 5.75 Å². The summed E-state index contributed by atoms with van der Waals surface area (Å²) >= 11 is 0. The van der Waals surface area contributed by atoms with Crippen molar-refractivity contribution >= 4 is 36.9 Å². The maximum Gasteiger partial charge on any atom is 0.338 e. The third kappa shape index (κ3) is 5.17. The van der Waals surface area contributed by atoms with Crippen molar-refractivity contribution in [2.24, 2.45) is 0 Å². The van der Waals surface area contributed by atoms with E-state index in [1.165, 1.54) is 42.0 Å². The molecule has 0 aliphatic carbocycles. The summed E-state index contributed by atoms with van der Waals surface area (Å²) in [4.78, 5) is 25.1. The van der Waals surface area contributed by atoms with Gasteiger partial charge in [-0.05, 0) is 56.2 Å². The molecule has 0 saturated heterocycles. The molecule has 11 heteroatoms. The molecule has 3 aromatic rings. The largest absolute Gasteiger partial charge is 0.497 e. The fourth-order valence-electron chi connectivity index (χ4n) is 3.97. The second kappa shape index (κ2) is 10.8. The highest BCUT2D eigenvalue weighted by Crippen LogP contribution is 2.36. The summed E-state index contributed by atoms with van der Waals surface area (Å²) in [6.07, 6.45) is 1.77. The number of fused-ring (bicyclic) bond motifs is 1. The highest BCUT2D eigenvalue weighted by molar-refractivity contribution is 7.94. The Labute approximate surface area is 210 Å². The molecule has 0 N–H and O–H groups in total. The Morgan fingerprint density at radius 1 is 0.833 bits per heavy atom. The zero-order valence-electron chi connectivity index (χ0n) is 20.6. The van der Waals surface area contributed by atoms with E-state index in [9.17, 15) is 26.4 Å². The summed E-state index contributed by atoms with van der Waals surface area (Å²) in [7, 11) is -6.89. The first-order valence-corrected chi connectivity index (χ1v) is 14.8. The molecule has 0 aliphatic rings. The van der Waals surface area contributed by atoms with Gasteiger partial charge in [0.2, 0.25) is 5.78 Å². The lowest BCUT2D eigenvalue weighted by molar-refractivity contribution is 0.0526. The van der Waals surface area contributed by atoms with Crippen molar-refractivity contribution in [3.05, 3.63) is 59.4 Å². The van der Waals surface area contributed by atoms with E-state index in [1.54, 1.807) is 32.9 Å². The van der Waals surface area contributed by atoms with Crippen LogP contribution in [0.3, 0.4) is 0 Å². The number of carbonyl (C=O) groups is 2. The first kappa shape index (κ1) is 27.4. The first-order valence-electron chi connectivity index (χ1n) is 11.5. The molecule has 0 radical (unpaired) electrons. The molecule has 2 heterocycles. The Hall–Kier alpha value is -3.18. The zero-order chi connectivity index (χ0) is 26.7. The van der Waals surface area contributed by atoms with Gasteiger partial charge in [-0.25, -0.2) is 21.6 Å². The Morgan fingerprint density at radius 3 is 1.94 bits per heavy atom. The zero-order valence-corrected chi connectivity index (χ0v) is 22.2. The first-order chi connectivity index (χ1) is 17.0.